The Labute approximate surface area is 138 Å². The van der Waals surface area contributed by atoms with Crippen molar-refractivity contribution in [1.29, 1.82) is 0 Å². The molecule has 1 N–H and O–H groups in total. The first kappa shape index (κ1) is 15.5. The number of likely N-dealkylation sites (tertiary alicyclic amines) is 1. The van der Waals surface area contributed by atoms with Gasteiger partial charge >= 0.3 is 0 Å². The van der Waals surface area contributed by atoms with Gasteiger partial charge in [-0.05, 0) is 40.9 Å². The lowest BCUT2D eigenvalue weighted by molar-refractivity contribution is -0.135. The number of rotatable bonds is 2. The second-order valence-electron chi connectivity index (χ2n) is 5.79. The number of piperazine rings is 1. The Kier molecular flexibility index (Phi) is 4.78. The van der Waals surface area contributed by atoms with E-state index < -0.39 is 0 Å². The zero-order chi connectivity index (χ0) is 15.5. The van der Waals surface area contributed by atoms with Gasteiger partial charge in [-0.2, -0.15) is 0 Å². The first-order valence-electron chi connectivity index (χ1n) is 7.71. The third-order valence-corrected chi connectivity index (χ3v) is 5.05. The maximum absolute atomic E-state index is 12.7. The SMILES string of the molecule is O=C(c1ccccc1Br)N1CCCC(N2CCNCC2=O)C1. The monoisotopic (exact) mass is 365 g/mol. The summed E-state index contributed by atoms with van der Waals surface area (Å²) in [6, 6.07) is 7.65. The smallest absolute Gasteiger partial charge is 0.255 e. The number of halogens is 1. The fraction of sp³-hybridized carbons (Fsp3) is 0.500. The molecule has 22 heavy (non-hydrogen) atoms. The standard InChI is InChI=1S/C16H20BrN3O2/c17-14-6-2-1-5-13(14)16(22)19-8-3-4-12(11-19)20-9-7-18-10-15(20)21/h1-2,5-6,12,18H,3-4,7-11H2. The highest BCUT2D eigenvalue weighted by molar-refractivity contribution is 9.10. The molecule has 1 atom stereocenters. The van der Waals surface area contributed by atoms with E-state index in [4.69, 9.17) is 0 Å². The first-order valence-corrected chi connectivity index (χ1v) is 8.50. The zero-order valence-corrected chi connectivity index (χ0v) is 14.0. The van der Waals surface area contributed by atoms with Gasteiger partial charge in [0.15, 0.2) is 0 Å². The van der Waals surface area contributed by atoms with Crippen LogP contribution in [-0.4, -0.2) is 60.4 Å². The number of nitrogens with one attached hydrogen (secondary N) is 1. The summed E-state index contributed by atoms with van der Waals surface area (Å²) in [4.78, 5) is 28.6. The van der Waals surface area contributed by atoms with Crippen LogP contribution in [0.1, 0.15) is 23.2 Å². The summed E-state index contributed by atoms with van der Waals surface area (Å²) in [5.41, 5.74) is 0.690. The Morgan fingerprint density at radius 1 is 1.27 bits per heavy atom. The molecule has 3 rings (SSSR count). The molecule has 0 saturated carbocycles. The van der Waals surface area contributed by atoms with Crippen LogP contribution >= 0.6 is 15.9 Å². The predicted molar refractivity (Wildman–Crippen MR) is 87.7 cm³/mol. The molecule has 5 nitrogen and oxygen atoms in total. The van der Waals surface area contributed by atoms with Crippen molar-refractivity contribution in [3.63, 3.8) is 0 Å². The van der Waals surface area contributed by atoms with E-state index in [1.165, 1.54) is 0 Å². The van der Waals surface area contributed by atoms with Crippen molar-refractivity contribution in [3.05, 3.63) is 34.3 Å². The van der Waals surface area contributed by atoms with Crippen molar-refractivity contribution in [1.82, 2.24) is 15.1 Å². The maximum Gasteiger partial charge on any atom is 0.255 e. The molecule has 2 fully saturated rings. The van der Waals surface area contributed by atoms with Gasteiger partial charge in [0.25, 0.3) is 5.91 Å². The third-order valence-electron chi connectivity index (χ3n) is 4.35. The summed E-state index contributed by atoms with van der Waals surface area (Å²) in [6.07, 6.45) is 1.92. The Balaban J connectivity index is 1.71. The lowest BCUT2D eigenvalue weighted by atomic mass is 10.0. The number of hydrogen-bond donors (Lipinski definition) is 1. The van der Waals surface area contributed by atoms with E-state index in [-0.39, 0.29) is 17.9 Å². The molecule has 0 radical (unpaired) electrons. The van der Waals surface area contributed by atoms with Crippen molar-refractivity contribution in [2.75, 3.05) is 32.7 Å². The van der Waals surface area contributed by atoms with Crippen molar-refractivity contribution in [2.24, 2.45) is 0 Å². The second-order valence-corrected chi connectivity index (χ2v) is 6.65. The largest absolute Gasteiger partial charge is 0.337 e. The summed E-state index contributed by atoms with van der Waals surface area (Å²) in [5, 5.41) is 3.09. The summed E-state index contributed by atoms with van der Waals surface area (Å²) >= 11 is 3.44. The molecule has 0 spiro atoms. The fourth-order valence-corrected chi connectivity index (χ4v) is 3.66. The number of carbonyl (C=O) groups is 2. The molecule has 0 aromatic heterocycles. The first-order chi connectivity index (χ1) is 10.7. The van der Waals surface area contributed by atoms with Gasteiger partial charge in [-0.15, -0.1) is 0 Å². The second kappa shape index (κ2) is 6.79. The van der Waals surface area contributed by atoms with Gasteiger partial charge in [-0.3, -0.25) is 9.59 Å². The van der Waals surface area contributed by atoms with Gasteiger partial charge in [-0.25, -0.2) is 0 Å². The van der Waals surface area contributed by atoms with E-state index in [9.17, 15) is 9.59 Å². The third kappa shape index (κ3) is 3.17. The van der Waals surface area contributed by atoms with Gasteiger partial charge < -0.3 is 15.1 Å². The van der Waals surface area contributed by atoms with E-state index in [2.05, 4.69) is 21.2 Å². The molecule has 2 aliphatic rings. The molecule has 1 unspecified atom stereocenters. The van der Waals surface area contributed by atoms with E-state index in [0.29, 0.717) is 18.7 Å². The van der Waals surface area contributed by atoms with Crippen LogP contribution in [0.25, 0.3) is 0 Å². The Hall–Kier alpha value is -1.40. The summed E-state index contributed by atoms with van der Waals surface area (Å²) in [6.45, 7) is 3.37. The van der Waals surface area contributed by atoms with Gasteiger partial charge in [-0.1, -0.05) is 12.1 Å². The van der Waals surface area contributed by atoms with Crippen molar-refractivity contribution in [2.45, 2.75) is 18.9 Å². The summed E-state index contributed by atoms with van der Waals surface area (Å²) in [7, 11) is 0. The van der Waals surface area contributed by atoms with E-state index in [1.54, 1.807) is 0 Å². The highest BCUT2D eigenvalue weighted by Gasteiger charge is 2.32. The van der Waals surface area contributed by atoms with Crippen LogP contribution in [0.5, 0.6) is 0 Å². The van der Waals surface area contributed by atoms with Crippen LogP contribution in [-0.2, 0) is 4.79 Å². The molecule has 1 aromatic rings. The molecule has 0 aliphatic carbocycles. The average molecular weight is 366 g/mol. The van der Waals surface area contributed by atoms with E-state index >= 15 is 0 Å². The molecular formula is C16H20BrN3O2. The van der Waals surface area contributed by atoms with Crippen molar-refractivity contribution < 1.29 is 9.59 Å². The topological polar surface area (TPSA) is 52.7 Å². The molecular weight excluding hydrogens is 346 g/mol. The van der Waals surface area contributed by atoms with E-state index in [0.717, 1.165) is 36.9 Å². The van der Waals surface area contributed by atoms with Crippen LogP contribution in [0.4, 0.5) is 0 Å². The van der Waals surface area contributed by atoms with Crippen molar-refractivity contribution in [3.8, 4) is 0 Å². The minimum atomic E-state index is 0.0414. The lowest BCUT2D eigenvalue weighted by Gasteiger charge is -2.41. The number of nitrogens with zero attached hydrogens (tertiary/aromatic N) is 2. The van der Waals surface area contributed by atoms with Gasteiger partial charge in [0.2, 0.25) is 5.91 Å². The molecule has 1 aromatic carbocycles. The molecule has 2 amide bonds. The lowest BCUT2D eigenvalue weighted by Crippen LogP contribution is -2.57. The molecule has 2 heterocycles. The van der Waals surface area contributed by atoms with Gasteiger partial charge in [0.1, 0.15) is 0 Å². The molecule has 0 bridgehead atoms. The van der Waals surface area contributed by atoms with E-state index in [1.807, 2.05) is 34.1 Å². The van der Waals surface area contributed by atoms with Crippen LogP contribution in [0.15, 0.2) is 28.7 Å². The highest BCUT2D eigenvalue weighted by Crippen LogP contribution is 2.22. The Morgan fingerprint density at radius 3 is 2.86 bits per heavy atom. The molecule has 2 saturated heterocycles. The summed E-state index contributed by atoms with van der Waals surface area (Å²) in [5.74, 6) is 0.186. The summed E-state index contributed by atoms with van der Waals surface area (Å²) < 4.78 is 0.820. The number of benzene rings is 1. The number of piperidine rings is 1. The van der Waals surface area contributed by atoms with Gasteiger partial charge in [0, 0.05) is 36.7 Å². The van der Waals surface area contributed by atoms with Crippen LogP contribution in [0.2, 0.25) is 0 Å². The maximum atomic E-state index is 12.7. The Morgan fingerprint density at radius 2 is 2.09 bits per heavy atom. The number of amides is 2. The normalized spacial score (nSPS) is 22.8. The van der Waals surface area contributed by atoms with Crippen molar-refractivity contribution >= 4 is 27.7 Å². The molecule has 118 valence electrons. The Bertz CT molecular complexity index is 578. The average Bonchev–Trinajstić information content (AvgIpc) is 2.55. The van der Waals surface area contributed by atoms with Crippen LogP contribution in [0, 0.1) is 0 Å². The van der Waals surface area contributed by atoms with Crippen LogP contribution < -0.4 is 5.32 Å². The van der Waals surface area contributed by atoms with Crippen LogP contribution in [0.3, 0.4) is 0 Å². The quantitative estimate of drug-likeness (QED) is 0.863. The molecule has 6 heteroatoms. The zero-order valence-electron chi connectivity index (χ0n) is 12.4. The number of carbonyl (C=O) groups excluding carboxylic acids is 2. The predicted octanol–water partition coefficient (Wildman–Crippen LogP) is 1.49. The van der Waals surface area contributed by atoms with Gasteiger partial charge in [0.05, 0.1) is 12.1 Å². The molecule has 2 aliphatic heterocycles. The minimum absolute atomic E-state index is 0.0414. The number of hydrogen-bond acceptors (Lipinski definition) is 3. The minimum Gasteiger partial charge on any atom is -0.337 e. The highest BCUT2D eigenvalue weighted by atomic mass is 79.9. The fourth-order valence-electron chi connectivity index (χ4n) is 3.21.